The van der Waals surface area contributed by atoms with Crippen LogP contribution in [0.2, 0.25) is 3.72 Å². The van der Waals surface area contributed by atoms with Crippen LogP contribution in [0.25, 0.3) is 5.57 Å². The van der Waals surface area contributed by atoms with Crippen LogP contribution in [0.15, 0.2) is 124 Å². The average molecular weight is 768 g/mol. The molecule has 0 aromatic heterocycles. The fourth-order valence-electron chi connectivity index (χ4n) is 13.0. The summed E-state index contributed by atoms with van der Waals surface area (Å²) in [7, 11) is 0. The first-order valence-corrected chi connectivity index (χ1v) is 23.5. The number of halogens is 2. The molecule has 5 aliphatic carbocycles. The molecule has 0 spiro atoms. The minimum atomic E-state index is -4.79. The summed E-state index contributed by atoms with van der Waals surface area (Å²) in [5, 5.41) is 0. The molecule has 0 radical (unpaired) electrons. The van der Waals surface area contributed by atoms with E-state index in [0.717, 1.165) is 19.3 Å². The standard InChI is InChI=1S/C29H37.2C7H7.C5H5.CH2.2ClH.Ti/c1-18-25-22-17-19-13-9-10-14-20(19)24(22)21-15-11-12-16-23(21)29(25,8)28(6,7)27(4,5)26(18,2)3;2*1-7-5-3-2-4-6-7;1-2-4-5-3-1;;;;/h9-11,13-15,23H,12,16-17H2,1-8H3;2*3-6H,1H3;1-3H,4H2;1H2;2*1H;. The molecule has 0 aliphatic heterocycles. The summed E-state index contributed by atoms with van der Waals surface area (Å²) >= 11 is -4.79. The molecule has 0 amide bonds. The molecule has 3 aromatic carbocycles. The summed E-state index contributed by atoms with van der Waals surface area (Å²) < 4.78 is 4.29. The molecule has 0 N–H and O–H groups in total. The van der Waals surface area contributed by atoms with Gasteiger partial charge in [-0.3, -0.25) is 0 Å². The monoisotopic (exact) mass is 766 g/mol. The van der Waals surface area contributed by atoms with Gasteiger partial charge >= 0.3 is 305 Å². The third-order valence-electron chi connectivity index (χ3n) is 17.2. The Labute approximate surface area is 327 Å². The number of fused-ring (bicyclic) bond motifs is 6. The summed E-state index contributed by atoms with van der Waals surface area (Å²) in [6.07, 6.45) is 16.6. The van der Waals surface area contributed by atoms with Crippen molar-refractivity contribution in [3.05, 3.63) is 146 Å². The van der Waals surface area contributed by atoms with Crippen LogP contribution < -0.4 is 7.74 Å². The fraction of sp³-hybridized carbons (Fsp3) is 0.408. The van der Waals surface area contributed by atoms with E-state index in [4.69, 9.17) is 4.82 Å². The normalized spacial score (nSPS) is 27.8. The van der Waals surface area contributed by atoms with Gasteiger partial charge < -0.3 is 0 Å². The van der Waals surface area contributed by atoms with Gasteiger partial charge in [0.15, 0.2) is 0 Å². The van der Waals surface area contributed by atoms with E-state index in [9.17, 15) is 0 Å². The SMILES string of the molecule is Cl.Cl.[CH2]=[Ti]([C]1=CC=CC1)([c]1ccc(C)cc1)([c]1ccc(C)cc1)[C]1(C)C2=C3Cc4ccccc4C3=C3C=CCCC3C2(C)C(C)(C)C(C)(C)C1(C)C. The van der Waals surface area contributed by atoms with Gasteiger partial charge in [-0.2, -0.15) is 0 Å². The van der Waals surface area contributed by atoms with Gasteiger partial charge in [-0.15, -0.1) is 24.8 Å². The third-order valence-corrected chi connectivity index (χ3v) is 29.8. The van der Waals surface area contributed by atoms with E-state index in [1.165, 1.54) is 36.4 Å². The Kier molecular flexibility index (Phi) is 9.25. The van der Waals surface area contributed by atoms with Crippen molar-refractivity contribution >= 4 is 42.9 Å². The molecule has 0 nitrogen and oxygen atoms in total. The molecule has 0 bridgehead atoms. The van der Waals surface area contributed by atoms with Crippen molar-refractivity contribution in [3.8, 4) is 0 Å². The van der Waals surface area contributed by atoms with Crippen LogP contribution in [0.4, 0.5) is 0 Å². The Morgan fingerprint density at radius 2 is 1.27 bits per heavy atom. The summed E-state index contributed by atoms with van der Waals surface area (Å²) in [5.74, 6) is 0.438. The van der Waals surface area contributed by atoms with Crippen LogP contribution in [-0.4, -0.2) is 4.82 Å². The van der Waals surface area contributed by atoms with Crippen molar-refractivity contribution in [1.29, 1.82) is 0 Å². The van der Waals surface area contributed by atoms with E-state index in [-0.39, 0.29) is 50.2 Å². The zero-order chi connectivity index (χ0) is 35.7. The number of benzene rings is 3. The van der Waals surface area contributed by atoms with E-state index in [2.05, 4.69) is 172 Å². The maximum absolute atomic E-state index is 6.10. The molecule has 3 heteroatoms. The molecule has 3 aromatic rings. The average Bonchev–Trinajstić information content (AvgIpc) is 3.77. The number of hydrogen-bond donors (Lipinski definition) is 0. The zero-order valence-corrected chi connectivity index (χ0v) is 36.4. The fourth-order valence-corrected chi connectivity index (χ4v) is 26.1. The van der Waals surface area contributed by atoms with Crippen molar-refractivity contribution < 1.29 is 14.8 Å². The number of hydrogen-bond acceptors (Lipinski definition) is 0. The molecule has 0 heterocycles. The van der Waals surface area contributed by atoms with E-state index < -0.39 is 14.8 Å². The molecular formula is C49H60Cl2Ti. The maximum atomic E-state index is 6.10. The zero-order valence-electron chi connectivity index (χ0n) is 33.2. The van der Waals surface area contributed by atoms with Gasteiger partial charge in [0, 0.05) is 0 Å². The van der Waals surface area contributed by atoms with E-state index in [1.807, 2.05) is 0 Å². The van der Waals surface area contributed by atoms with Crippen molar-refractivity contribution in [1.82, 2.24) is 0 Å². The molecule has 3 atom stereocenters. The summed E-state index contributed by atoms with van der Waals surface area (Å²) in [6, 6.07) is 29.0. The molecule has 8 rings (SSSR count). The second kappa shape index (κ2) is 12.3. The van der Waals surface area contributed by atoms with Crippen LogP contribution in [0.5, 0.6) is 0 Å². The third kappa shape index (κ3) is 4.20. The van der Waals surface area contributed by atoms with Crippen LogP contribution in [0, 0.1) is 41.4 Å². The predicted octanol–water partition coefficient (Wildman–Crippen LogP) is 12.6. The summed E-state index contributed by atoms with van der Waals surface area (Å²) in [4.78, 5) is 6.10. The predicted molar refractivity (Wildman–Crippen MR) is 229 cm³/mol. The van der Waals surface area contributed by atoms with Gasteiger partial charge in [0.05, 0.1) is 0 Å². The molecular weight excluding hydrogens is 707 g/mol. The Balaban J connectivity index is 0.00000232. The molecule has 0 saturated heterocycles. The minimum absolute atomic E-state index is 0. The van der Waals surface area contributed by atoms with Crippen LogP contribution >= 0.6 is 24.8 Å². The first-order valence-electron chi connectivity index (χ1n) is 19.3. The topological polar surface area (TPSA) is 0 Å². The molecule has 3 unspecified atom stereocenters. The van der Waals surface area contributed by atoms with Crippen molar-refractivity contribution in [3.63, 3.8) is 0 Å². The van der Waals surface area contributed by atoms with E-state index >= 15 is 0 Å². The quantitative estimate of drug-likeness (QED) is 0.232. The number of allylic oxidation sites excluding steroid dienone is 10. The Bertz CT molecular complexity index is 2130. The van der Waals surface area contributed by atoms with Crippen molar-refractivity contribution in [2.24, 2.45) is 27.6 Å². The summed E-state index contributed by atoms with van der Waals surface area (Å²) in [5.41, 5.74) is 11.8. The van der Waals surface area contributed by atoms with Crippen molar-refractivity contribution in [2.75, 3.05) is 0 Å². The molecule has 274 valence electrons. The van der Waals surface area contributed by atoms with E-state index in [1.54, 1.807) is 26.2 Å². The Hall–Kier alpha value is -2.48. The van der Waals surface area contributed by atoms with Gasteiger partial charge in [-0.25, -0.2) is 0 Å². The van der Waals surface area contributed by atoms with Gasteiger partial charge in [0.2, 0.25) is 0 Å². The van der Waals surface area contributed by atoms with Gasteiger partial charge in [0.25, 0.3) is 0 Å². The Morgan fingerprint density at radius 3 is 1.83 bits per heavy atom. The van der Waals surface area contributed by atoms with Gasteiger partial charge in [-0.05, 0) is 0 Å². The van der Waals surface area contributed by atoms with Crippen LogP contribution in [0.3, 0.4) is 0 Å². The number of rotatable bonds is 4. The Morgan fingerprint density at radius 1 is 0.692 bits per heavy atom. The summed E-state index contributed by atoms with van der Waals surface area (Å²) in [6.45, 7) is 25.9. The second-order valence-electron chi connectivity index (χ2n) is 18.8. The van der Waals surface area contributed by atoms with Crippen LogP contribution in [0.1, 0.15) is 96.9 Å². The number of aryl methyl sites for hydroxylation is 2. The van der Waals surface area contributed by atoms with Crippen molar-refractivity contribution in [2.45, 2.75) is 98.6 Å². The van der Waals surface area contributed by atoms with Gasteiger partial charge in [0.1, 0.15) is 0 Å². The molecule has 5 aliphatic rings. The van der Waals surface area contributed by atoms with Gasteiger partial charge in [-0.1, -0.05) is 0 Å². The van der Waals surface area contributed by atoms with Crippen LogP contribution in [-0.2, 0) is 21.3 Å². The van der Waals surface area contributed by atoms with E-state index in [0.29, 0.717) is 5.92 Å². The second-order valence-corrected chi connectivity index (χ2v) is 27.7. The molecule has 52 heavy (non-hydrogen) atoms. The molecule has 1 saturated carbocycles. The first kappa shape index (κ1) is 39.2. The molecule has 1 fully saturated rings. The first-order chi connectivity index (χ1) is 23.5.